The van der Waals surface area contributed by atoms with Crippen LogP contribution < -0.4 is 11.1 Å². The highest BCUT2D eigenvalue weighted by atomic mass is 19.4. The van der Waals surface area contributed by atoms with Crippen molar-refractivity contribution in [3.05, 3.63) is 113 Å². The van der Waals surface area contributed by atoms with Crippen LogP contribution in [0.1, 0.15) is 18.1 Å². The maximum atomic E-state index is 13.7. The Morgan fingerprint density at radius 2 is 1.78 bits per heavy atom. The van der Waals surface area contributed by atoms with E-state index < -0.39 is 29.1 Å². The Morgan fingerprint density at radius 1 is 1.06 bits per heavy atom. The van der Waals surface area contributed by atoms with Gasteiger partial charge in [0.1, 0.15) is 5.75 Å². The van der Waals surface area contributed by atoms with Crippen molar-refractivity contribution in [1.29, 1.82) is 0 Å². The van der Waals surface area contributed by atoms with E-state index in [0.717, 1.165) is 17.7 Å². The van der Waals surface area contributed by atoms with E-state index in [1.807, 2.05) is 0 Å². The predicted octanol–water partition coefficient (Wildman–Crippen LogP) is 6.69. The van der Waals surface area contributed by atoms with Gasteiger partial charge in [-0.25, -0.2) is 8.78 Å². The van der Waals surface area contributed by atoms with Crippen LogP contribution in [-0.2, 0) is 12.7 Å². The Labute approximate surface area is 204 Å². The number of hydrogen-bond donors (Lipinski definition) is 2. The fourth-order valence-electron chi connectivity index (χ4n) is 3.39. The van der Waals surface area contributed by atoms with Gasteiger partial charge < -0.3 is 15.4 Å². The van der Waals surface area contributed by atoms with Crippen molar-refractivity contribution >= 4 is 5.69 Å². The van der Waals surface area contributed by atoms with E-state index in [4.69, 9.17) is 5.73 Å². The third kappa shape index (κ3) is 6.94. The summed E-state index contributed by atoms with van der Waals surface area (Å²) in [5, 5.41) is 9.87. The van der Waals surface area contributed by atoms with Gasteiger partial charge in [0.15, 0.2) is 11.7 Å². The number of phenols is 1. The molecular formula is C27H24F5N3O. The number of pyridine rings is 1. The maximum Gasteiger partial charge on any atom is 0.417 e. The second kappa shape index (κ2) is 11.5. The van der Waals surface area contributed by atoms with Gasteiger partial charge in [-0.3, -0.25) is 4.99 Å². The molecule has 4 nitrogen and oxygen atoms in total. The van der Waals surface area contributed by atoms with Crippen molar-refractivity contribution in [2.45, 2.75) is 19.6 Å². The largest absolute Gasteiger partial charge is 0.508 e. The van der Waals surface area contributed by atoms with Gasteiger partial charge in [0.05, 0.1) is 23.2 Å². The number of alkyl halides is 3. The summed E-state index contributed by atoms with van der Waals surface area (Å²) in [6.45, 7) is 1.98. The molecule has 1 aromatic heterocycles. The van der Waals surface area contributed by atoms with Crippen molar-refractivity contribution in [2.24, 2.45) is 4.99 Å². The molecule has 0 saturated heterocycles. The van der Waals surface area contributed by atoms with Gasteiger partial charge in [-0.2, -0.15) is 13.2 Å². The quantitative estimate of drug-likeness (QED) is 0.280. The van der Waals surface area contributed by atoms with Gasteiger partial charge >= 0.3 is 6.18 Å². The van der Waals surface area contributed by atoms with Gasteiger partial charge in [0, 0.05) is 18.9 Å². The lowest BCUT2D eigenvalue weighted by molar-refractivity contribution is -0.137. The number of anilines is 1. The highest BCUT2D eigenvalue weighted by molar-refractivity contribution is 5.69. The third-order valence-electron chi connectivity index (χ3n) is 5.16. The number of aromatic nitrogens is 1. The molecule has 1 heterocycles. The molecule has 0 spiro atoms. The SMILES string of the molecule is C\C=C/C=C(F)\C(F)=C\CN=c1ccn(Cc2ccc(-c3ccc(O)cc3C(F)(F)F)cc2)cc1N. The predicted molar refractivity (Wildman–Crippen MR) is 130 cm³/mol. The molecule has 0 unspecified atom stereocenters. The zero-order valence-electron chi connectivity index (χ0n) is 19.3. The first-order valence-electron chi connectivity index (χ1n) is 10.9. The molecule has 0 radical (unpaired) electrons. The molecule has 0 aliphatic carbocycles. The van der Waals surface area contributed by atoms with E-state index in [1.54, 1.807) is 60.3 Å². The minimum Gasteiger partial charge on any atom is -0.508 e. The molecule has 188 valence electrons. The Kier molecular flexibility index (Phi) is 8.47. The second-order valence-corrected chi connectivity index (χ2v) is 7.82. The topological polar surface area (TPSA) is 63.5 Å². The van der Waals surface area contributed by atoms with Crippen LogP contribution in [0.15, 0.2) is 102 Å². The Hall–Kier alpha value is -4.14. The number of allylic oxidation sites excluding steroid dienone is 5. The summed E-state index contributed by atoms with van der Waals surface area (Å²) in [7, 11) is 0. The molecule has 0 saturated carbocycles. The minimum absolute atomic E-state index is 0.0302. The van der Waals surface area contributed by atoms with Gasteiger partial charge in [0.2, 0.25) is 0 Å². The molecule has 2 aromatic carbocycles. The first-order valence-corrected chi connectivity index (χ1v) is 10.9. The fraction of sp³-hybridized carbons (Fsp3) is 0.148. The molecule has 3 rings (SSSR count). The number of rotatable bonds is 7. The Balaban J connectivity index is 1.74. The van der Waals surface area contributed by atoms with Crippen molar-refractivity contribution in [3.8, 4) is 16.9 Å². The van der Waals surface area contributed by atoms with Crippen LogP contribution in [0, 0.1) is 0 Å². The highest BCUT2D eigenvalue weighted by Gasteiger charge is 2.34. The van der Waals surface area contributed by atoms with Crippen molar-refractivity contribution in [1.82, 2.24) is 4.57 Å². The molecule has 36 heavy (non-hydrogen) atoms. The lowest BCUT2D eigenvalue weighted by Gasteiger charge is -2.14. The molecule has 0 aliphatic heterocycles. The van der Waals surface area contributed by atoms with Crippen molar-refractivity contribution in [2.75, 3.05) is 12.3 Å². The van der Waals surface area contributed by atoms with Gasteiger partial charge in [-0.05, 0) is 54.0 Å². The van der Waals surface area contributed by atoms with E-state index in [9.17, 15) is 27.1 Å². The van der Waals surface area contributed by atoms with Crippen LogP contribution in [0.5, 0.6) is 5.75 Å². The Morgan fingerprint density at radius 3 is 2.42 bits per heavy atom. The molecule has 3 N–H and O–H groups in total. The zero-order chi connectivity index (χ0) is 26.3. The van der Waals surface area contributed by atoms with E-state index in [0.29, 0.717) is 29.2 Å². The number of nitrogens with zero attached hydrogens (tertiary/aromatic N) is 2. The minimum atomic E-state index is -4.61. The molecular weight excluding hydrogens is 477 g/mol. The Bertz CT molecular complexity index is 1370. The number of benzene rings is 2. The monoisotopic (exact) mass is 501 g/mol. The fourth-order valence-corrected chi connectivity index (χ4v) is 3.39. The van der Waals surface area contributed by atoms with Crippen molar-refractivity contribution in [3.63, 3.8) is 0 Å². The number of halogens is 5. The van der Waals surface area contributed by atoms with Gasteiger partial charge in [0.25, 0.3) is 0 Å². The number of nitrogen functional groups attached to an aromatic ring is 1. The lowest BCUT2D eigenvalue weighted by Crippen LogP contribution is -2.13. The number of phenolic OH excluding ortho intramolecular Hbond substituents is 1. The van der Waals surface area contributed by atoms with Crippen LogP contribution in [0.25, 0.3) is 11.1 Å². The summed E-state index contributed by atoms with van der Waals surface area (Å²) in [4.78, 5) is 4.16. The van der Waals surface area contributed by atoms with E-state index in [-0.39, 0.29) is 12.1 Å². The van der Waals surface area contributed by atoms with Crippen LogP contribution in [0.2, 0.25) is 0 Å². The number of nitrogens with two attached hydrogens (primary N) is 1. The van der Waals surface area contributed by atoms with Crippen LogP contribution in [0.3, 0.4) is 0 Å². The molecule has 0 aliphatic rings. The molecule has 0 atom stereocenters. The summed E-state index contributed by atoms with van der Waals surface area (Å²) >= 11 is 0. The third-order valence-corrected chi connectivity index (χ3v) is 5.16. The molecule has 0 amide bonds. The van der Waals surface area contributed by atoms with Crippen LogP contribution in [-0.4, -0.2) is 16.2 Å². The summed E-state index contributed by atoms with van der Waals surface area (Å²) in [6, 6.07) is 11.3. The maximum absolute atomic E-state index is 13.7. The molecule has 3 aromatic rings. The first-order chi connectivity index (χ1) is 17.1. The van der Waals surface area contributed by atoms with E-state index in [2.05, 4.69) is 4.99 Å². The van der Waals surface area contributed by atoms with Gasteiger partial charge in [-0.1, -0.05) is 42.5 Å². The smallest absolute Gasteiger partial charge is 0.417 e. The first kappa shape index (κ1) is 26.5. The highest BCUT2D eigenvalue weighted by Crippen LogP contribution is 2.39. The summed E-state index contributed by atoms with van der Waals surface area (Å²) in [5.74, 6) is -2.46. The van der Waals surface area contributed by atoms with Crippen molar-refractivity contribution < 1.29 is 27.1 Å². The molecule has 0 fully saturated rings. The normalized spacial score (nSPS) is 13.6. The summed E-state index contributed by atoms with van der Waals surface area (Å²) in [5.41, 5.74) is 6.59. The number of hydrogen-bond acceptors (Lipinski definition) is 3. The standard InChI is InChI=1S/C27H24F5N3O/c1-2-3-4-23(28)24(29)11-13-34-26-12-14-35(17-25(26)33)16-18-5-7-19(8-6-18)21-10-9-20(36)15-22(21)27(30,31)32/h2-12,14-15,17,36H,13,16,33H2,1H3/b3-2-,23-4+,24-11-,34-26?. The average Bonchev–Trinajstić information content (AvgIpc) is 2.83. The lowest BCUT2D eigenvalue weighted by atomic mass is 9.98. The van der Waals surface area contributed by atoms with E-state index in [1.165, 1.54) is 18.2 Å². The number of aromatic hydroxyl groups is 1. The van der Waals surface area contributed by atoms with Gasteiger partial charge in [-0.15, -0.1) is 0 Å². The summed E-state index contributed by atoms with van der Waals surface area (Å²) < 4.78 is 69.1. The average molecular weight is 501 g/mol. The van der Waals surface area contributed by atoms with Crippen LogP contribution >= 0.6 is 0 Å². The molecule has 9 heteroatoms. The van der Waals surface area contributed by atoms with E-state index >= 15 is 0 Å². The zero-order valence-corrected chi connectivity index (χ0v) is 19.3. The second-order valence-electron chi connectivity index (χ2n) is 7.82. The molecule has 0 bridgehead atoms. The van der Waals surface area contributed by atoms with Crippen LogP contribution in [0.4, 0.5) is 27.6 Å². The summed E-state index contributed by atoms with van der Waals surface area (Å²) in [6.07, 6.45) is 3.71.